The molecular weight excluding hydrogens is 456 g/mol. The SMILES string of the molecule is Cc1nc(NCc2cccc(C(C)(F)F)c2F)c(C2OCCO2)c(C(F)C(=O)NC2(C)CC2)n1. The van der Waals surface area contributed by atoms with E-state index >= 15 is 4.39 Å². The number of hydrogen-bond donors (Lipinski definition) is 2. The zero-order chi connectivity index (χ0) is 24.7. The predicted molar refractivity (Wildman–Crippen MR) is 114 cm³/mol. The van der Waals surface area contributed by atoms with Crippen LogP contribution in [0.4, 0.5) is 23.4 Å². The van der Waals surface area contributed by atoms with Crippen LogP contribution in [0.5, 0.6) is 0 Å². The molecule has 2 aliphatic rings. The molecule has 1 saturated heterocycles. The maximum absolute atomic E-state index is 15.4. The molecular formula is C23H26F4N4O3. The first-order valence-electron chi connectivity index (χ1n) is 11.0. The summed E-state index contributed by atoms with van der Waals surface area (Å²) in [7, 11) is 0. The highest BCUT2D eigenvalue weighted by molar-refractivity contribution is 5.83. The molecule has 11 heteroatoms. The number of ether oxygens (including phenoxy) is 2. The third kappa shape index (κ3) is 5.15. The van der Waals surface area contributed by atoms with Crippen molar-refractivity contribution in [3.8, 4) is 0 Å². The molecule has 2 aromatic rings. The highest BCUT2D eigenvalue weighted by Gasteiger charge is 2.42. The second-order valence-electron chi connectivity index (χ2n) is 8.92. The van der Waals surface area contributed by atoms with E-state index in [1.165, 1.54) is 19.1 Å². The zero-order valence-electron chi connectivity index (χ0n) is 19.1. The third-order valence-electron chi connectivity index (χ3n) is 5.84. The van der Waals surface area contributed by atoms with Crippen molar-refractivity contribution in [2.24, 2.45) is 0 Å². The number of aromatic nitrogens is 2. The van der Waals surface area contributed by atoms with Crippen molar-refractivity contribution in [2.75, 3.05) is 18.5 Å². The lowest BCUT2D eigenvalue weighted by molar-refractivity contribution is -0.127. The Balaban J connectivity index is 1.67. The molecule has 1 aliphatic carbocycles. The molecule has 1 amide bonds. The molecule has 1 aromatic carbocycles. The lowest BCUT2D eigenvalue weighted by Gasteiger charge is -2.22. The summed E-state index contributed by atoms with van der Waals surface area (Å²) >= 11 is 0. The van der Waals surface area contributed by atoms with Gasteiger partial charge in [0.2, 0.25) is 6.17 Å². The van der Waals surface area contributed by atoms with Gasteiger partial charge in [-0.25, -0.2) is 27.5 Å². The van der Waals surface area contributed by atoms with Gasteiger partial charge in [0.25, 0.3) is 11.8 Å². The smallest absolute Gasteiger partial charge is 0.273 e. The molecule has 184 valence electrons. The van der Waals surface area contributed by atoms with E-state index in [0.29, 0.717) is 6.92 Å². The van der Waals surface area contributed by atoms with Gasteiger partial charge in [-0.2, -0.15) is 0 Å². The van der Waals surface area contributed by atoms with Crippen LogP contribution < -0.4 is 10.6 Å². The Morgan fingerprint density at radius 1 is 1.26 bits per heavy atom. The van der Waals surface area contributed by atoms with Crippen molar-refractivity contribution in [2.45, 2.75) is 64.1 Å². The van der Waals surface area contributed by atoms with Crippen LogP contribution in [0.1, 0.15) is 67.4 Å². The molecule has 1 saturated carbocycles. The van der Waals surface area contributed by atoms with Crippen LogP contribution in [0.2, 0.25) is 0 Å². The van der Waals surface area contributed by atoms with Gasteiger partial charge in [0, 0.05) is 24.6 Å². The fourth-order valence-electron chi connectivity index (χ4n) is 3.72. The lowest BCUT2D eigenvalue weighted by atomic mass is 10.0. The second kappa shape index (κ2) is 9.10. The Hall–Kier alpha value is -2.79. The third-order valence-corrected chi connectivity index (χ3v) is 5.84. The summed E-state index contributed by atoms with van der Waals surface area (Å²) in [6.45, 7) is 4.20. The number of hydrogen-bond acceptors (Lipinski definition) is 6. The molecule has 1 aromatic heterocycles. The minimum atomic E-state index is -3.36. The van der Waals surface area contributed by atoms with Gasteiger partial charge >= 0.3 is 0 Å². The Labute approximate surface area is 194 Å². The number of rotatable bonds is 8. The summed E-state index contributed by atoms with van der Waals surface area (Å²) in [5, 5.41) is 5.54. The minimum Gasteiger partial charge on any atom is -0.365 e. The number of benzene rings is 1. The molecule has 2 N–H and O–H groups in total. The topological polar surface area (TPSA) is 85.4 Å². The first-order chi connectivity index (χ1) is 16.0. The molecule has 7 nitrogen and oxygen atoms in total. The van der Waals surface area contributed by atoms with Crippen molar-refractivity contribution in [3.63, 3.8) is 0 Å². The Bertz CT molecular complexity index is 1080. The van der Waals surface area contributed by atoms with E-state index in [2.05, 4.69) is 20.6 Å². The quantitative estimate of drug-likeness (QED) is 0.544. The standard InChI is InChI=1S/C23H26F4N4O3/c1-12-29-18(17(25)20(32)31-22(2)7-8-22)15(21-33-9-10-34-21)19(30-12)28-11-13-5-4-6-14(16(13)24)23(3,26)27/h4-6,17,21H,7-11H2,1-3H3,(H,31,32)(H,28,29,30). The van der Waals surface area contributed by atoms with Crippen LogP contribution in [0.3, 0.4) is 0 Å². The lowest BCUT2D eigenvalue weighted by Crippen LogP contribution is -2.37. The van der Waals surface area contributed by atoms with Crippen LogP contribution >= 0.6 is 0 Å². The predicted octanol–water partition coefficient (Wildman–Crippen LogP) is 4.37. The molecule has 1 aliphatic heterocycles. The molecule has 0 radical (unpaired) electrons. The number of aryl methyl sites for hydroxylation is 1. The highest BCUT2D eigenvalue weighted by Crippen LogP contribution is 2.38. The van der Waals surface area contributed by atoms with E-state index in [9.17, 15) is 18.0 Å². The molecule has 0 bridgehead atoms. The van der Waals surface area contributed by atoms with E-state index in [4.69, 9.17) is 9.47 Å². The van der Waals surface area contributed by atoms with Crippen molar-refractivity contribution < 1.29 is 31.8 Å². The van der Waals surface area contributed by atoms with Gasteiger partial charge in [0.1, 0.15) is 17.5 Å². The molecule has 1 unspecified atom stereocenters. The monoisotopic (exact) mass is 482 g/mol. The van der Waals surface area contributed by atoms with Gasteiger partial charge in [0.05, 0.1) is 30.0 Å². The normalized spacial score (nSPS) is 18.6. The van der Waals surface area contributed by atoms with E-state index in [-0.39, 0.29) is 48.2 Å². The molecule has 1 atom stereocenters. The number of carbonyl (C=O) groups excluding carboxylic acids is 1. The molecule has 0 spiro atoms. The zero-order valence-corrected chi connectivity index (χ0v) is 19.1. The van der Waals surface area contributed by atoms with Gasteiger partial charge in [-0.3, -0.25) is 4.79 Å². The fourth-order valence-corrected chi connectivity index (χ4v) is 3.72. The summed E-state index contributed by atoms with van der Waals surface area (Å²) in [5.74, 6) is -5.03. The van der Waals surface area contributed by atoms with Gasteiger partial charge in [-0.15, -0.1) is 0 Å². The summed E-state index contributed by atoms with van der Waals surface area (Å²) in [4.78, 5) is 21.0. The van der Waals surface area contributed by atoms with E-state index < -0.39 is 41.2 Å². The van der Waals surface area contributed by atoms with E-state index in [0.717, 1.165) is 18.9 Å². The van der Waals surface area contributed by atoms with Crippen LogP contribution in [0, 0.1) is 12.7 Å². The van der Waals surface area contributed by atoms with Crippen LogP contribution in [-0.4, -0.2) is 34.6 Å². The fraction of sp³-hybridized carbons (Fsp3) is 0.522. The number of alkyl halides is 3. The second-order valence-corrected chi connectivity index (χ2v) is 8.92. The average Bonchev–Trinajstić information content (AvgIpc) is 3.24. The number of nitrogens with zero attached hydrogens (tertiary/aromatic N) is 2. The van der Waals surface area contributed by atoms with Crippen LogP contribution in [0.25, 0.3) is 0 Å². The maximum atomic E-state index is 15.4. The van der Waals surface area contributed by atoms with Crippen LogP contribution in [0.15, 0.2) is 18.2 Å². The van der Waals surface area contributed by atoms with E-state index in [1.54, 1.807) is 0 Å². The number of nitrogens with one attached hydrogen (secondary N) is 2. The summed E-state index contributed by atoms with van der Waals surface area (Å²) in [6.07, 6.45) is -1.66. The molecule has 34 heavy (non-hydrogen) atoms. The molecule has 2 fully saturated rings. The average molecular weight is 482 g/mol. The first-order valence-corrected chi connectivity index (χ1v) is 11.0. The molecule has 4 rings (SSSR count). The minimum absolute atomic E-state index is 0.0350. The Kier molecular flexibility index (Phi) is 6.52. The van der Waals surface area contributed by atoms with Gasteiger partial charge < -0.3 is 20.1 Å². The van der Waals surface area contributed by atoms with Crippen molar-refractivity contribution >= 4 is 11.7 Å². The van der Waals surface area contributed by atoms with Crippen molar-refractivity contribution in [3.05, 3.63) is 52.2 Å². The van der Waals surface area contributed by atoms with Crippen molar-refractivity contribution in [1.29, 1.82) is 0 Å². The number of carbonyl (C=O) groups is 1. The number of anilines is 1. The summed E-state index contributed by atoms with van der Waals surface area (Å²) in [6, 6.07) is 3.70. The van der Waals surface area contributed by atoms with Crippen molar-refractivity contribution in [1.82, 2.24) is 15.3 Å². The Morgan fingerprint density at radius 3 is 2.56 bits per heavy atom. The molecule has 2 heterocycles. The highest BCUT2D eigenvalue weighted by atomic mass is 19.3. The summed E-state index contributed by atoms with van der Waals surface area (Å²) in [5.41, 5.74) is -1.35. The largest absolute Gasteiger partial charge is 0.365 e. The number of amides is 1. The number of halogens is 4. The van der Waals surface area contributed by atoms with Gasteiger partial charge in [0.15, 0.2) is 6.29 Å². The van der Waals surface area contributed by atoms with E-state index in [1.807, 2.05) is 6.92 Å². The van der Waals surface area contributed by atoms with Gasteiger partial charge in [-0.05, 0) is 26.7 Å². The Morgan fingerprint density at radius 2 is 1.94 bits per heavy atom. The van der Waals surface area contributed by atoms with Gasteiger partial charge in [-0.1, -0.05) is 18.2 Å². The summed E-state index contributed by atoms with van der Waals surface area (Å²) < 4.78 is 68.6. The van der Waals surface area contributed by atoms with Crippen LogP contribution in [-0.2, 0) is 26.7 Å². The first kappa shape index (κ1) is 24.3. The maximum Gasteiger partial charge on any atom is 0.273 e.